The number of hydrogen-bond donors (Lipinski definition) is 3. The normalized spacial score (nSPS) is 20.2. The summed E-state index contributed by atoms with van der Waals surface area (Å²) in [6.07, 6.45) is 2.96. The molecule has 1 fully saturated rings. The van der Waals surface area contributed by atoms with E-state index in [1.165, 1.54) is 19.4 Å². The minimum atomic E-state index is 0.506. The molecule has 72 valence electrons. The van der Waals surface area contributed by atoms with Crippen LogP contribution in [0.1, 0.15) is 12.8 Å². The molecule has 0 unspecified atom stereocenters. The Morgan fingerprint density at radius 3 is 2.50 bits per heavy atom. The molecule has 0 amide bonds. The van der Waals surface area contributed by atoms with Crippen LogP contribution in [-0.4, -0.2) is 45.0 Å². The first-order chi connectivity index (χ1) is 5.79. The molecule has 0 bridgehead atoms. The second-order valence-corrected chi connectivity index (χ2v) is 3.51. The van der Waals surface area contributed by atoms with Gasteiger partial charge < -0.3 is 4.90 Å². The van der Waals surface area contributed by atoms with Crippen molar-refractivity contribution in [3.05, 3.63) is 0 Å². The van der Waals surface area contributed by atoms with Gasteiger partial charge in [0.15, 0.2) is 0 Å². The minimum absolute atomic E-state index is 0.506. The average molecular weight is 172 g/mol. The number of nitrogens with zero attached hydrogens (tertiary/aromatic N) is 1. The highest BCUT2D eigenvalue weighted by Gasteiger charge is 2.09. The number of nitrogens with one attached hydrogen (secondary N) is 3. The molecule has 4 heteroatoms. The van der Waals surface area contributed by atoms with Gasteiger partial charge in [0.25, 0.3) is 0 Å². The SMILES string of the molecule is CN(C)CCCC1NCNCN1. The van der Waals surface area contributed by atoms with Crippen LogP contribution in [0.5, 0.6) is 0 Å². The third-order valence-corrected chi connectivity index (χ3v) is 2.05. The summed E-state index contributed by atoms with van der Waals surface area (Å²) in [5.74, 6) is 0. The predicted molar refractivity (Wildman–Crippen MR) is 50.7 cm³/mol. The first-order valence-electron chi connectivity index (χ1n) is 4.61. The highest BCUT2D eigenvalue weighted by molar-refractivity contribution is 4.67. The van der Waals surface area contributed by atoms with Crippen molar-refractivity contribution in [1.82, 2.24) is 20.9 Å². The van der Waals surface area contributed by atoms with E-state index in [1.54, 1.807) is 0 Å². The predicted octanol–water partition coefficient (Wildman–Crippen LogP) is -0.648. The van der Waals surface area contributed by atoms with E-state index in [0.717, 1.165) is 13.3 Å². The Hall–Kier alpha value is -0.160. The van der Waals surface area contributed by atoms with Crippen LogP contribution in [-0.2, 0) is 0 Å². The summed E-state index contributed by atoms with van der Waals surface area (Å²) in [5, 5.41) is 9.89. The van der Waals surface area contributed by atoms with Gasteiger partial charge in [-0.15, -0.1) is 0 Å². The van der Waals surface area contributed by atoms with Crippen molar-refractivity contribution in [1.29, 1.82) is 0 Å². The fraction of sp³-hybridized carbons (Fsp3) is 1.00. The van der Waals surface area contributed by atoms with Crippen LogP contribution in [0.2, 0.25) is 0 Å². The fourth-order valence-corrected chi connectivity index (χ4v) is 1.34. The van der Waals surface area contributed by atoms with Gasteiger partial charge >= 0.3 is 0 Å². The molecule has 0 atom stereocenters. The minimum Gasteiger partial charge on any atom is -0.309 e. The summed E-state index contributed by atoms with van der Waals surface area (Å²) in [6.45, 7) is 3.03. The van der Waals surface area contributed by atoms with E-state index in [1.807, 2.05) is 0 Å². The topological polar surface area (TPSA) is 39.3 Å². The maximum atomic E-state index is 3.35. The van der Waals surface area contributed by atoms with Crippen molar-refractivity contribution in [2.45, 2.75) is 19.0 Å². The molecule has 1 heterocycles. The maximum absolute atomic E-state index is 3.35. The Kier molecular flexibility index (Phi) is 4.53. The van der Waals surface area contributed by atoms with Crippen LogP contribution < -0.4 is 16.0 Å². The van der Waals surface area contributed by atoms with Gasteiger partial charge in [-0.2, -0.15) is 0 Å². The summed E-state index contributed by atoms with van der Waals surface area (Å²) in [6, 6.07) is 0. The van der Waals surface area contributed by atoms with E-state index in [9.17, 15) is 0 Å². The van der Waals surface area contributed by atoms with Crippen molar-refractivity contribution in [2.24, 2.45) is 0 Å². The summed E-state index contributed by atoms with van der Waals surface area (Å²) in [5.41, 5.74) is 0. The van der Waals surface area contributed by atoms with E-state index in [4.69, 9.17) is 0 Å². The van der Waals surface area contributed by atoms with Crippen molar-refractivity contribution in [3.8, 4) is 0 Å². The second kappa shape index (κ2) is 5.48. The van der Waals surface area contributed by atoms with Crippen molar-refractivity contribution in [2.75, 3.05) is 34.0 Å². The van der Waals surface area contributed by atoms with E-state index in [2.05, 4.69) is 34.9 Å². The maximum Gasteiger partial charge on any atom is 0.0591 e. The van der Waals surface area contributed by atoms with Crippen LogP contribution in [0, 0.1) is 0 Å². The second-order valence-electron chi connectivity index (χ2n) is 3.51. The first kappa shape index (κ1) is 9.92. The monoisotopic (exact) mass is 172 g/mol. The van der Waals surface area contributed by atoms with E-state index in [-0.39, 0.29) is 0 Å². The molecule has 1 aliphatic heterocycles. The van der Waals surface area contributed by atoms with Gasteiger partial charge in [0.1, 0.15) is 0 Å². The van der Waals surface area contributed by atoms with Crippen molar-refractivity contribution < 1.29 is 0 Å². The van der Waals surface area contributed by atoms with Crippen LogP contribution >= 0.6 is 0 Å². The zero-order chi connectivity index (χ0) is 8.81. The Bertz CT molecular complexity index is 110. The lowest BCUT2D eigenvalue weighted by atomic mass is 10.2. The summed E-state index contributed by atoms with van der Waals surface area (Å²) in [7, 11) is 4.23. The number of hydrogen-bond acceptors (Lipinski definition) is 4. The Labute approximate surface area is 74.7 Å². The molecule has 0 aliphatic carbocycles. The molecule has 0 spiro atoms. The molecule has 1 rings (SSSR count). The lowest BCUT2D eigenvalue weighted by Gasteiger charge is -2.26. The molecule has 1 aliphatic rings. The van der Waals surface area contributed by atoms with Gasteiger partial charge in [-0.25, -0.2) is 0 Å². The van der Waals surface area contributed by atoms with Gasteiger partial charge in [-0.05, 0) is 33.5 Å². The van der Waals surface area contributed by atoms with Gasteiger partial charge in [-0.1, -0.05) is 0 Å². The highest BCUT2D eigenvalue weighted by atomic mass is 15.3. The third-order valence-electron chi connectivity index (χ3n) is 2.05. The van der Waals surface area contributed by atoms with Crippen molar-refractivity contribution in [3.63, 3.8) is 0 Å². The van der Waals surface area contributed by atoms with Crippen LogP contribution in [0.3, 0.4) is 0 Å². The third kappa shape index (κ3) is 4.01. The summed E-state index contributed by atoms with van der Waals surface area (Å²) in [4.78, 5) is 2.22. The largest absolute Gasteiger partial charge is 0.309 e. The van der Waals surface area contributed by atoms with E-state index < -0.39 is 0 Å². The van der Waals surface area contributed by atoms with E-state index in [0.29, 0.717) is 6.17 Å². The average Bonchev–Trinajstić information content (AvgIpc) is 2.05. The fourth-order valence-electron chi connectivity index (χ4n) is 1.34. The lowest BCUT2D eigenvalue weighted by molar-refractivity contribution is 0.299. The summed E-state index contributed by atoms with van der Waals surface area (Å²) >= 11 is 0. The van der Waals surface area contributed by atoms with Crippen LogP contribution in [0.4, 0.5) is 0 Å². The molecule has 0 aromatic carbocycles. The quantitative estimate of drug-likeness (QED) is 0.527. The molecule has 3 N–H and O–H groups in total. The Morgan fingerprint density at radius 2 is 1.92 bits per heavy atom. The van der Waals surface area contributed by atoms with Crippen molar-refractivity contribution >= 4 is 0 Å². The molecule has 4 nitrogen and oxygen atoms in total. The molecular weight excluding hydrogens is 152 g/mol. The van der Waals surface area contributed by atoms with Gasteiger partial charge in [0, 0.05) is 13.3 Å². The number of rotatable bonds is 4. The van der Waals surface area contributed by atoms with Crippen LogP contribution in [0.25, 0.3) is 0 Å². The molecule has 0 aromatic rings. The zero-order valence-electron chi connectivity index (χ0n) is 8.06. The highest BCUT2D eigenvalue weighted by Crippen LogP contribution is 1.95. The zero-order valence-corrected chi connectivity index (χ0v) is 8.06. The van der Waals surface area contributed by atoms with Gasteiger partial charge in [0.2, 0.25) is 0 Å². The first-order valence-corrected chi connectivity index (χ1v) is 4.61. The molecular formula is C8H20N4. The molecule has 1 saturated heterocycles. The van der Waals surface area contributed by atoms with Crippen LogP contribution in [0.15, 0.2) is 0 Å². The Morgan fingerprint density at radius 1 is 1.25 bits per heavy atom. The van der Waals surface area contributed by atoms with E-state index >= 15 is 0 Å². The Balaban J connectivity index is 1.98. The summed E-state index contributed by atoms with van der Waals surface area (Å²) < 4.78 is 0. The lowest BCUT2D eigenvalue weighted by Crippen LogP contribution is -2.55. The van der Waals surface area contributed by atoms with Gasteiger partial charge in [0.05, 0.1) is 6.17 Å². The molecule has 12 heavy (non-hydrogen) atoms. The molecule has 0 saturated carbocycles. The molecule has 0 radical (unpaired) electrons. The smallest absolute Gasteiger partial charge is 0.0591 e. The standard InChI is InChI=1S/C8H20N4/c1-12(2)5-3-4-8-10-6-9-7-11-8/h8-11H,3-7H2,1-2H3. The van der Waals surface area contributed by atoms with Gasteiger partial charge in [-0.3, -0.25) is 16.0 Å². The molecule has 0 aromatic heterocycles.